The molecule has 1 unspecified atom stereocenters. The molecule has 0 aliphatic heterocycles. The molecular weight excluding hydrogens is 209 g/mol. The first-order valence-electron chi connectivity index (χ1n) is 4.83. The number of rotatable bonds is 3. The number of hydrogen-bond acceptors (Lipinski definition) is 4. The van der Waals surface area contributed by atoms with E-state index >= 15 is 0 Å². The van der Waals surface area contributed by atoms with Crippen molar-refractivity contribution in [2.45, 2.75) is 13.0 Å². The minimum absolute atomic E-state index is 0.391. The molecule has 2 rings (SSSR count). The fourth-order valence-electron chi connectivity index (χ4n) is 1.59. The summed E-state index contributed by atoms with van der Waals surface area (Å²) in [5, 5.41) is 0. The molecular formula is C11H12FN3O. The van der Waals surface area contributed by atoms with Gasteiger partial charge in [0.25, 0.3) is 0 Å². The van der Waals surface area contributed by atoms with E-state index in [2.05, 4.69) is 10.4 Å². The van der Waals surface area contributed by atoms with E-state index in [-0.39, 0.29) is 0 Å². The van der Waals surface area contributed by atoms with Gasteiger partial charge in [-0.15, -0.1) is 0 Å². The van der Waals surface area contributed by atoms with Crippen molar-refractivity contribution < 1.29 is 8.81 Å². The maximum Gasteiger partial charge on any atom is 0.141 e. The third kappa shape index (κ3) is 1.95. The summed E-state index contributed by atoms with van der Waals surface area (Å²) in [6.07, 6.45) is 4.27. The molecule has 0 aliphatic rings. The van der Waals surface area contributed by atoms with Crippen LogP contribution in [0.15, 0.2) is 35.2 Å². The van der Waals surface area contributed by atoms with E-state index in [0.717, 1.165) is 11.8 Å². The molecule has 0 aliphatic carbocycles. The molecule has 5 heteroatoms. The average Bonchev–Trinajstić information content (AvgIpc) is 2.67. The Balaban J connectivity index is 2.40. The first-order chi connectivity index (χ1) is 7.72. The smallest absolute Gasteiger partial charge is 0.141 e. The Morgan fingerprint density at radius 2 is 2.31 bits per heavy atom. The van der Waals surface area contributed by atoms with Crippen LogP contribution in [0, 0.1) is 12.7 Å². The zero-order chi connectivity index (χ0) is 11.5. The molecule has 0 aromatic carbocycles. The van der Waals surface area contributed by atoms with Crippen molar-refractivity contribution in [3.63, 3.8) is 0 Å². The van der Waals surface area contributed by atoms with Crippen LogP contribution in [-0.4, -0.2) is 4.98 Å². The van der Waals surface area contributed by atoms with Crippen LogP contribution < -0.4 is 11.3 Å². The van der Waals surface area contributed by atoms with E-state index in [1.807, 2.05) is 13.0 Å². The quantitative estimate of drug-likeness (QED) is 0.611. The standard InChI is InChI=1S/C11H12FN3O/c1-7-2-3-16-11(7)10(15-13)8-4-9(12)6-14-5-8/h2-6,10,15H,13H2,1H3. The number of pyridine rings is 1. The summed E-state index contributed by atoms with van der Waals surface area (Å²) in [6, 6.07) is 2.81. The van der Waals surface area contributed by atoms with Crippen molar-refractivity contribution >= 4 is 0 Å². The van der Waals surface area contributed by atoms with Crippen LogP contribution in [0.4, 0.5) is 4.39 Å². The summed E-state index contributed by atoms with van der Waals surface area (Å²) in [7, 11) is 0. The summed E-state index contributed by atoms with van der Waals surface area (Å²) < 4.78 is 18.4. The van der Waals surface area contributed by atoms with Gasteiger partial charge in [-0.05, 0) is 30.2 Å². The SMILES string of the molecule is Cc1ccoc1C(NN)c1cncc(F)c1. The van der Waals surface area contributed by atoms with Crippen molar-refractivity contribution in [3.8, 4) is 0 Å². The fraction of sp³-hybridized carbons (Fsp3) is 0.182. The average molecular weight is 221 g/mol. The predicted octanol–water partition coefficient (Wildman–Crippen LogP) is 1.67. The highest BCUT2D eigenvalue weighted by Gasteiger charge is 2.18. The largest absolute Gasteiger partial charge is 0.467 e. The van der Waals surface area contributed by atoms with E-state index in [1.54, 1.807) is 12.5 Å². The third-order valence-corrected chi connectivity index (χ3v) is 2.39. The first kappa shape index (κ1) is 10.8. The fourth-order valence-corrected chi connectivity index (χ4v) is 1.59. The molecule has 2 aromatic heterocycles. The number of hydrogen-bond donors (Lipinski definition) is 2. The van der Waals surface area contributed by atoms with Crippen LogP contribution in [-0.2, 0) is 0 Å². The molecule has 0 amide bonds. The molecule has 0 spiro atoms. The lowest BCUT2D eigenvalue weighted by Crippen LogP contribution is -2.29. The molecule has 3 N–H and O–H groups in total. The van der Waals surface area contributed by atoms with Gasteiger partial charge >= 0.3 is 0 Å². The molecule has 2 heterocycles. The predicted molar refractivity (Wildman–Crippen MR) is 56.8 cm³/mol. The van der Waals surface area contributed by atoms with Crippen molar-refractivity contribution in [3.05, 3.63) is 53.5 Å². The maximum atomic E-state index is 13.0. The second kappa shape index (κ2) is 4.42. The van der Waals surface area contributed by atoms with Gasteiger partial charge in [-0.3, -0.25) is 10.8 Å². The Morgan fingerprint density at radius 1 is 1.50 bits per heavy atom. The molecule has 2 aromatic rings. The minimum Gasteiger partial charge on any atom is -0.467 e. The van der Waals surface area contributed by atoms with Crippen LogP contribution in [0.3, 0.4) is 0 Å². The minimum atomic E-state index is -0.401. The van der Waals surface area contributed by atoms with E-state index in [9.17, 15) is 4.39 Å². The van der Waals surface area contributed by atoms with E-state index in [0.29, 0.717) is 11.3 Å². The molecule has 0 saturated carbocycles. The number of nitrogens with two attached hydrogens (primary N) is 1. The third-order valence-electron chi connectivity index (χ3n) is 2.39. The van der Waals surface area contributed by atoms with Gasteiger partial charge in [-0.25, -0.2) is 9.82 Å². The molecule has 0 fully saturated rings. The van der Waals surface area contributed by atoms with Gasteiger partial charge in [-0.2, -0.15) is 0 Å². The second-order valence-electron chi connectivity index (χ2n) is 3.50. The van der Waals surface area contributed by atoms with Crippen molar-refractivity contribution in [2.24, 2.45) is 5.84 Å². The molecule has 16 heavy (non-hydrogen) atoms. The Bertz CT molecular complexity index is 484. The van der Waals surface area contributed by atoms with Crippen LogP contribution in [0.25, 0.3) is 0 Å². The highest BCUT2D eigenvalue weighted by Crippen LogP contribution is 2.24. The van der Waals surface area contributed by atoms with E-state index < -0.39 is 11.9 Å². The normalized spacial score (nSPS) is 12.7. The van der Waals surface area contributed by atoms with Crippen molar-refractivity contribution in [1.82, 2.24) is 10.4 Å². The van der Waals surface area contributed by atoms with E-state index in [1.165, 1.54) is 6.07 Å². The topological polar surface area (TPSA) is 64.1 Å². The van der Waals surface area contributed by atoms with Gasteiger partial charge in [0.15, 0.2) is 0 Å². The zero-order valence-electron chi connectivity index (χ0n) is 8.77. The summed E-state index contributed by atoms with van der Waals surface area (Å²) >= 11 is 0. The molecule has 4 nitrogen and oxygen atoms in total. The lowest BCUT2D eigenvalue weighted by Gasteiger charge is -2.14. The molecule has 84 valence electrons. The molecule has 0 bridgehead atoms. The number of nitrogens with zero attached hydrogens (tertiary/aromatic N) is 1. The number of furan rings is 1. The van der Waals surface area contributed by atoms with Gasteiger partial charge in [0.2, 0.25) is 0 Å². The summed E-state index contributed by atoms with van der Waals surface area (Å²) in [4.78, 5) is 3.78. The highest BCUT2D eigenvalue weighted by molar-refractivity contribution is 5.28. The Labute approximate surface area is 92.3 Å². The van der Waals surface area contributed by atoms with Gasteiger partial charge < -0.3 is 4.42 Å². The number of halogens is 1. The monoisotopic (exact) mass is 221 g/mol. The van der Waals surface area contributed by atoms with Crippen LogP contribution in [0.2, 0.25) is 0 Å². The lowest BCUT2D eigenvalue weighted by atomic mass is 10.0. The lowest BCUT2D eigenvalue weighted by molar-refractivity contribution is 0.447. The molecule has 0 radical (unpaired) electrons. The van der Waals surface area contributed by atoms with Gasteiger partial charge in [0, 0.05) is 6.20 Å². The Morgan fingerprint density at radius 3 is 2.88 bits per heavy atom. The number of hydrazine groups is 1. The highest BCUT2D eigenvalue weighted by atomic mass is 19.1. The Kier molecular flexibility index (Phi) is 2.98. The van der Waals surface area contributed by atoms with Gasteiger partial charge in [0.05, 0.1) is 12.5 Å². The Hall–Kier alpha value is -1.72. The zero-order valence-corrected chi connectivity index (χ0v) is 8.77. The summed E-state index contributed by atoms with van der Waals surface area (Å²) in [5.74, 6) is 5.72. The van der Waals surface area contributed by atoms with E-state index in [4.69, 9.17) is 10.3 Å². The van der Waals surface area contributed by atoms with Crippen molar-refractivity contribution in [1.29, 1.82) is 0 Å². The molecule has 1 atom stereocenters. The number of aromatic nitrogens is 1. The maximum absolute atomic E-state index is 13.0. The van der Waals surface area contributed by atoms with Crippen LogP contribution in [0.5, 0.6) is 0 Å². The summed E-state index contributed by atoms with van der Waals surface area (Å²) in [5.41, 5.74) is 4.17. The summed E-state index contributed by atoms with van der Waals surface area (Å²) in [6.45, 7) is 1.90. The molecule has 0 saturated heterocycles. The second-order valence-corrected chi connectivity index (χ2v) is 3.50. The van der Waals surface area contributed by atoms with Gasteiger partial charge in [0.1, 0.15) is 17.6 Å². The number of aryl methyl sites for hydroxylation is 1. The number of nitrogens with one attached hydrogen (secondary N) is 1. The van der Waals surface area contributed by atoms with Crippen LogP contribution >= 0.6 is 0 Å². The van der Waals surface area contributed by atoms with Gasteiger partial charge in [-0.1, -0.05) is 0 Å². The van der Waals surface area contributed by atoms with Crippen LogP contribution in [0.1, 0.15) is 22.9 Å². The first-order valence-corrected chi connectivity index (χ1v) is 4.83. The van der Waals surface area contributed by atoms with Crippen molar-refractivity contribution in [2.75, 3.05) is 0 Å².